The molecule has 1 heterocycles. The number of ether oxygens (including phenoxy) is 1. The van der Waals surface area contributed by atoms with Crippen LogP contribution in [0, 0.1) is 0 Å². The first-order valence-electron chi connectivity index (χ1n) is 5.61. The highest BCUT2D eigenvalue weighted by atomic mass is 32.2. The van der Waals surface area contributed by atoms with Gasteiger partial charge in [0.05, 0.1) is 23.5 Å². The van der Waals surface area contributed by atoms with Gasteiger partial charge in [0.2, 0.25) is 5.91 Å². The zero-order valence-electron chi connectivity index (χ0n) is 9.96. The minimum Gasteiger partial charge on any atom is -0.463 e. The molecule has 1 saturated heterocycles. The van der Waals surface area contributed by atoms with Crippen molar-refractivity contribution in [1.29, 1.82) is 0 Å². The number of esters is 1. The van der Waals surface area contributed by atoms with Gasteiger partial charge >= 0.3 is 5.97 Å². The smallest absolute Gasteiger partial charge is 0.333 e. The summed E-state index contributed by atoms with van der Waals surface area (Å²) in [7, 11) is 0. The van der Waals surface area contributed by atoms with E-state index in [1.54, 1.807) is 11.8 Å². The molecule has 0 spiro atoms. The van der Waals surface area contributed by atoms with Crippen molar-refractivity contribution < 1.29 is 14.3 Å². The topological polar surface area (TPSA) is 46.6 Å². The predicted molar refractivity (Wildman–Crippen MR) is 71.1 cm³/mol. The second-order valence-electron chi connectivity index (χ2n) is 3.59. The van der Waals surface area contributed by atoms with E-state index in [0.29, 0.717) is 17.4 Å². The third-order valence-corrected chi connectivity index (χ3v) is 3.34. The number of anilines is 1. The summed E-state index contributed by atoms with van der Waals surface area (Å²) in [5.74, 6) is -0.0995. The Morgan fingerprint density at radius 3 is 2.83 bits per heavy atom. The van der Waals surface area contributed by atoms with Crippen LogP contribution in [-0.4, -0.2) is 24.2 Å². The van der Waals surface area contributed by atoms with Crippen LogP contribution in [0.4, 0.5) is 5.69 Å². The van der Waals surface area contributed by atoms with Gasteiger partial charge in [-0.1, -0.05) is 30.0 Å². The van der Waals surface area contributed by atoms with Crippen molar-refractivity contribution in [3.05, 3.63) is 41.4 Å². The van der Waals surface area contributed by atoms with E-state index < -0.39 is 5.97 Å². The lowest BCUT2D eigenvalue weighted by molar-refractivity contribution is -0.137. The van der Waals surface area contributed by atoms with Gasteiger partial charge in [0, 0.05) is 5.69 Å². The molecule has 0 saturated carbocycles. The average molecular weight is 263 g/mol. The SMILES string of the molecule is CCOC(=O)C=C1SCC(=O)N1c1ccccc1. The van der Waals surface area contributed by atoms with Crippen molar-refractivity contribution in [2.24, 2.45) is 0 Å². The monoisotopic (exact) mass is 263 g/mol. The fourth-order valence-electron chi connectivity index (χ4n) is 1.63. The van der Waals surface area contributed by atoms with Crippen LogP contribution in [0.3, 0.4) is 0 Å². The number of thioether (sulfide) groups is 1. The average Bonchev–Trinajstić information content (AvgIpc) is 2.72. The van der Waals surface area contributed by atoms with E-state index in [1.165, 1.54) is 17.8 Å². The van der Waals surface area contributed by atoms with Crippen LogP contribution in [0.2, 0.25) is 0 Å². The zero-order chi connectivity index (χ0) is 13.0. The number of hydrogen-bond acceptors (Lipinski definition) is 4. The molecule has 0 radical (unpaired) electrons. The van der Waals surface area contributed by atoms with Crippen molar-refractivity contribution >= 4 is 29.3 Å². The molecule has 18 heavy (non-hydrogen) atoms. The minimum absolute atomic E-state index is 0.0262. The lowest BCUT2D eigenvalue weighted by Gasteiger charge is -2.16. The maximum Gasteiger partial charge on any atom is 0.333 e. The van der Waals surface area contributed by atoms with Crippen molar-refractivity contribution in [3.63, 3.8) is 0 Å². The quantitative estimate of drug-likeness (QED) is 0.619. The van der Waals surface area contributed by atoms with Gasteiger partial charge in [0.25, 0.3) is 0 Å². The first-order valence-corrected chi connectivity index (χ1v) is 6.60. The van der Waals surface area contributed by atoms with Crippen LogP contribution in [0.15, 0.2) is 41.4 Å². The summed E-state index contributed by atoms with van der Waals surface area (Å²) in [6.07, 6.45) is 1.37. The molecule has 0 atom stereocenters. The third-order valence-electron chi connectivity index (χ3n) is 2.36. The number of rotatable bonds is 3. The Morgan fingerprint density at radius 1 is 1.44 bits per heavy atom. The second kappa shape index (κ2) is 5.73. The van der Waals surface area contributed by atoms with E-state index in [2.05, 4.69) is 0 Å². The van der Waals surface area contributed by atoms with E-state index in [9.17, 15) is 9.59 Å². The highest BCUT2D eigenvalue weighted by Crippen LogP contribution is 2.33. The summed E-state index contributed by atoms with van der Waals surface area (Å²) >= 11 is 1.34. The molecule has 4 nitrogen and oxygen atoms in total. The normalized spacial score (nSPS) is 17.3. The molecule has 0 N–H and O–H groups in total. The van der Waals surface area contributed by atoms with Gasteiger partial charge in [-0.15, -0.1) is 0 Å². The van der Waals surface area contributed by atoms with E-state index in [0.717, 1.165) is 5.69 Å². The molecule has 0 aromatic heterocycles. The molecular weight excluding hydrogens is 250 g/mol. The van der Waals surface area contributed by atoms with E-state index in [-0.39, 0.29) is 5.91 Å². The fraction of sp³-hybridized carbons (Fsp3) is 0.231. The lowest BCUT2D eigenvalue weighted by Crippen LogP contribution is -2.24. The number of carbonyl (C=O) groups is 2. The zero-order valence-corrected chi connectivity index (χ0v) is 10.8. The number of amides is 1. The maximum atomic E-state index is 11.8. The van der Waals surface area contributed by atoms with Crippen molar-refractivity contribution in [2.75, 3.05) is 17.3 Å². The predicted octanol–water partition coefficient (Wildman–Crippen LogP) is 2.17. The largest absolute Gasteiger partial charge is 0.463 e. The molecule has 1 aliphatic rings. The highest BCUT2D eigenvalue weighted by molar-refractivity contribution is 8.04. The molecule has 1 aliphatic heterocycles. The van der Waals surface area contributed by atoms with Gasteiger partial charge in [-0.3, -0.25) is 9.69 Å². The third kappa shape index (κ3) is 2.73. The van der Waals surface area contributed by atoms with Crippen molar-refractivity contribution in [1.82, 2.24) is 0 Å². The number of carbonyl (C=O) groups excluding carboxylic acids is 2. The van der Waals surface area contributed by atoms with Gasteiger partial charge < -0.3 is 4.74 Å². The first-order chi connectivity index (χ1) is 8.72. The molecule has 5 heteroatoms. The van der Waals surface area contributed by atoms with Gasteiger partial charge in [-0.25, -0.2) is 4.79 Å². The fourth-order valence-corrected chi connectivity index (χ4v) is 2.54. The molecular formula is C13H13NO3S. The highest BCUT2D eigenvalue weighted by Gasteiger charge is 2.28. The van der Waals surface area contributed by atoms with Crippen LogP contribution in [0.5, 0.6) is 0 Å². The summed E-state index contributed by atoms with van der Waals surface area (Å²) in [4.78, 5) is 24.8. The number of para-hydroxylation sites is 1. The Morgan fingerprint density at radius 2 is 2.17 bits per heavy atom. The Bertz CT molecular complexity index is 484. The molecule has 1 aromatic rings. The van der Waals surface area contributed by atoms with Gasteiger partial charge in [-0.2, -0.15) is 0 Å². The van der Waals surface area contributed by atoms with Crippen LogP contribution in [0.25, 0.3) is 0 Å². The van der Waals surface area contributed by atoms with Crippen LogP contribution < -0.4 is 4.90 Å². The van der Waals surface area contributed by atoms with Gasteiger partial charge in [-0.05, 0) is 19.1 Å². The first kappa shape index (κ1) is 12.7. The Labute approximate surface area is 110 Å². The van der Waals surface area contributed by atoms with E-state index in [4.69, 9.17) is 4.74 Å². The standard InChI is InChI=1S/C13H13NO3S/c1-2-17-13(16)8-12-14(11(15)9-18-12)10-6-4-3-5-7-10/h3-8H,2,9H2,1H3. The van der Waals surface area contributed by atoms with Gasteiger partial charge in [0.15, 0.2) is 0 Å². The number of nitrogens with zero attached hydrogens (tertiary/aromatic N) is 1. The summed E-state index contributed by atoms with van der Waals surface area (Å²) in [5, 5.41) is 0.615. The molecule has 1 amide bonds. The van der Waals surface area contributed by atoms with Crippen LogP contribution in [0.1, 0.15) is 6.92 Å². The van der Waals surface area contributed by atoms with Crippen LogP contribution >= 0.6 is 11.8 Å². The van der Waals surface area contributed by atoms with E-state index in [1.807, 2.05) is 30.3 Å². The summed E-state index contributed by atoms with van der Waals surface area (Å²) in [5.41, 5.74) is 0.767. The van der Waals surface area contributed by atoms with Crippen molar-refractivity contribution in [3.8, 4) is 0 Å². The summed E-state index contributed by atoms with van der Waals surface area (Å²) < 4.78 is 4.86. The molecule has 2 rings (SSSR count). The van der Waals surface area contributed by atoms with Gasteiger partial charge in [0.1, 0.15) is 0 Å². The Kier molecular flexibility index (Phi) is 4.04. The summed E-state index contributed by atoms with van der Waals surface area (Å²) in [6, 6.07) is 9.26. The minimum atomic E-state index is -0.421. The number of benzene rings is 1. The summed E-state index contributed by atoms with van der Waals surface area (Å²) in [6.45, 7) is 2.07. The van der Waals surface area contributed by atoms with E-state index >= 15 is 0 Å². The van der Waals surface area contributed by atoms with Crippen LogP contribution in [-0.2, 0) is 14.3 Å². The van der Waals surface area contributed by atoms with Crippen molar-refractivity contribution in [2.45, 2.75) is 6.92 Å². The molecule has 0 bridgehead atoms. The Hall–Kier alpha value is -1.75. The number of hydrogen-bond donors (Lipinski definition) is 0. The molecule has 0 unspecified atom stereocenters. The molecule has 94 valence electrons. The molecule has 1 aromatic carbocycles. The lowest BCUT2D eigenvalue weighted by atomic mass is 10.3. The maximum absolute atomic E-state index is 11.8. The second-order valence-corrected chi connectivity index (χ2v) is 4.58. The Balaban J connectivity index is 2.26. The molecule has 1 fully saturated rings. The molecule has 0 aliphatic carbocycles.